The van der Waals surface area contributed by atoms with Crippen LogP contribution in [-0.4, -0.2) is 31.8 Å². The molecule has 28 heavy (non-hydrogen) atoms. The molecule has 1 saturated carbocycles. The Morgan fingerprint density at radius 1 is 1.29 bits per heavy atom. The van der Waals surface area contributed by atoms with E-state index in [-0.39, 0.29) is 28.2 Å². The maximum atomic E-state index is 12.2. The van der Waals surface area contributed by atoms with E-state index in [1.54, 1.807) is 0 Å². The number of non-ortho nitro benzene ring substituents is 1. The number of rotatable bonds is 5. The van der Waals surface area contributed by atoms with Gasteiger partial charge in [-0.2, -0.15) is 5.10 Å². The summed E-state index contributed by atoms with van der Waals surface area (Å²) in [5, 5.41) is 22.6. The molecule has 1 aromatic heterocycles. The molecule has 8 nitrogen and oxygen atoms in total. The number of nitrogens with zero attached hydrogens (tertiary/aromatic N) is 4. The molecule has 1 aromatic carbocycles. The second-order valence-corrected chi connectivity index (χ2v) is 9.06. The number of fused-ring (bicyclic) bond motifs is 5. The van der Waals surface area contributed by atoms with Gasteiger partial charge in [0.25, 0.3) is 5.69 Å². The van der Waals surface area contributed by atoms with Gasteiger partial charge in [0.2, 0.25) is 11.1 Å². The number of nitro benzene ring substituents is 1. The van der Waals surface area contributed by atoms with Crippen molar-refractivity contribution < 1.29 is 9.72 Å². The number of carbonyl (C=O) groups excluding carboxylic acids is 1. The first-order valence-corrected chi connectivity index (χ1v) is 10.1. The molecule has 1 N–H and O–H groups in total. The summed E-state index contributed by atoms with van der Waals surface area (Å²) in [6, 6.07) is 5.73. The summed E-state index contributed by atoms with van der Waals surface area (Å²) in [6.07, 6.45) is 2.22. The molecule has 2 aliphatic carbocycles. The quantitative estimate of drug-likeness (QED) is 0.464. The highest BCUT2D eigenvalue weighted by Gasteiger charge is 2.61. The number of aromatic nitrogens is 3. The number of anilines is 1. The fourth-order valence-electron chi connectivity index (χ4n) is 4.42. The van der Waals surface area contributed by atoms with Crippen LogP contribution in [0.25, 0.3) is 0 Å². The molecular formula is C19H21N5O3S. The largest absolute Gasteiger partial charge is 0.325 e. The predicted octanol–water partition coefficient (Wildman–Crippen LogP) is 3.69. The van der Waals surface area contributed by atoms with E-state index in [1.807, 2.05) is 0 Å². The molecule has 2 bridgehead atoms. The highest BCUT2D eigenvalue weighted by atomic mass is 32.2. The third kappa shape index (κ3) is 2.85. The summed E-state index contributed by atoms with van der Waals surface area (Å²) < 4.78 is 0. The van der Waals surface area contributed by atoms with Crippen LogP contribution in [0.1, 0.15) is 50.9 Å². The fourth-order valence-corrected chi connectivity index (χ4v) is 5.00. The summed E-state index contributed by atoms with van der Waals surface area (Å²) in [4.78, 5) is 27.1. The average Bonchev–Trinajstić information content (AvgIpc) is 2.99. The van der Waals surface area contributed by atoms with Crippen molar-refractivity contribution in [1.82, 2.24) is 15.2 Å². The fraction of sp³-hybridized carbons (Fsp3) is 0.474. The van der Waals surface area contributed by atoms with Gasteiger partial charge in [0.1, 0.15) is 0 Å². The highest BCUT2D eigenvalue weighted by Crippen LogP contribution is 2.66. The van der Waals surface area contributed by atoms with Crippen molar-refractivity contribution in [3.05, 3.63) is 45.8 Å². The van der Waals surface area contributed by atoms with Gasteiger partial charge in [-0.15, -0.1) is 5.10 Å². The minimum absolute atomic E-state index is 0.000730. The summed E-state index contributed by atoms with van der Waals surface area (Å²) in [5.41, 5.74) is 2.65. The zero-order chi connectivity index (χ0) is 20.1. The van der Waals surface area contributed by atoms with Gasteiger partial charge in [-0.05, 0) is 30.4 Å². The Morgan fingerprint density at radius 2 is 2.00 bits per heavy atom. The Kier molecular flexibility index (Phi) is 4.37. The molecule has 0 aliphatic heterocycles. The van der Waals surface area contributed by atoms with Crippen molar-refractivity contribution in [2.24, 2.45) is 5.41 Å². The van der Waals surface area contributed by atoms with Crippen LogP contribution in [0.4, 0.5) is 11.4 Å². The molecule has 4 rings (SSSR count). The highest BCUT2D eigenvalue weighted by molar-refractivity contribution is 7.99. The van der Waals surface area contributed by atoms with E-state index < -0.39 is 4.92 Å². The van der Waals surface area contributed by atoms with E-state index >= 15 is 0 Å². The van der Waals surface area contributed by atoms with Crippen LogP contribution in [-0.2, 0) is 10.2 Å². The van der Waals surface area contributed by atoms with Gasteiger partial charge < -0.3 is 5.32 Å². The first kappa shape index (κ1) is 18.8. The number of thioether (sulfide) groups is 1. The van der Waals surface area contributed by atoms with Crippen molar-refractivity contribution >= 4 is 29.0 Å². The number of carbonyl (C=O) groups is 1. The summed E-state index contributed by atoms with van der Waals surface area (Å²) >= 11 is 1.24. The smallest absolute Gasteiger partial charge is 0.269 e. The lowest BCUT2D eigenvalue weighted by molar-refractivity contribution is -0.384. The molecule has 0 saturated heterocycles. The second kappa shape index (κ2) is 6.51. The number of hydrogen-bond acceptors (Lipinski definition) is 7. The number of hydrogen-bond donors (Lipinski definition) is 1. The summed E-state index contributed by atoms with van der Waals surface area (Å²) in [6.45, 7) is 6.81. The molecule has 2 atom stereocenters. The molecule has 0 unspecified atom stereocenters. The molecule has 1 heterocycles. The monoisotopic (exact) mass is 399 g/mol. The molecule has 2 aliphatic rings. The van der Waals surface area contributed by atoms with Crippen LogP contribution in [0.2, 0.25) is 0 Å². The Morgan fingerprint density at radius 3 is 2.68 bits per heavy atom. The lowest BCUT2D eigenvalue weighted by Crippen LogP contribution is -2.32. The normalized spacial score (nSPS) is 24.0. The number of nitrogens with one attached hydrogen (secondary N) is 1. The number of nitro groups is 1. The van der Waals surface area contributed by atoms with Crippen molar-refractivity contribution in [2.75, 3.05) is 11.1 Å². The first-order chi connectivity index (χ1) is 13.2. The molecule has 1 fully saturated rings. The van der Waals surface area contributed by atoms with Crippen molar-refractivity contribution in [3.8, 4) is 0 Å². The molecule has 9 heteroatoms. The maximum Gasteiger partial charge on any atom is 0.269 e. The molecule has 2 aromatic rings. The molecule has 1 amide bonds. The zero-order valence-electron chi connectivity index (χ0n) is 15.9. The van der Waals surface area contributed by atoms with Crippen LogP contribution < -0.4 is 5.32 Å². The van der Waals surface area contributed by atoms with Gasteiger partial charge >= 0.3 is 0 Å². The molecular weight excluding hydrogens is 378 g/mol. The number of amides is 1. The Hall–Kier alpha value is -2.55. The Bertz CT molecular complexity index is 963. The maximum absolute atomic E-state index is 12.2. The molecule has 0 spiro atoms. The third-order valence-electron chi connectivity index (χ3n) is 6.47. The van der Waals surface area contributed by atoms with Crippen LogP contribution in [0.15, 0.2) is 29.4 Å². The van der Waals surface area contributed by atoms with Crippen LogP contribution >= 0.6 is 11.8 Å². The van der Waals surface area contributed by atoms with Gasteiger partial charge in [-0.1, -0.05) is 32.5 Å². The predicted molar refractivity (Wildman–Crippen MR) is 105 cm³/mol. The third-order valence-corrected chi connectivity index (χ3v) is 7.30. The number of benzene rings is 1. The van der Waals surface area contributed by atoms with Gasteiger partial charge in [-0.25, -0.2) is 4.98 Å². The minimum Gasteiger partial charge on any atom is -0.325 e. The van der Waals surface area contributed by atoms with E-state index in [1.165, 1.54) is 36.0 Å². The van der Waals surface area contributed by atoms with E-state index in [9.17, 15) is 14.9 Å². The van der Waals surface area contributed by atoms with Gasteiger partial charge in [0.15, 0.2) is 0 Å². The van der Waals surface area contributed by atoms with Crippen LogP contribution in [0.3, 0.4) is 0 Å². The van der Waals surface area contributed by atoms with Gasteiger partial charge in [-0.3, -0.25) is 14.9 Å². The summed E-state index contributed by atoms with van der Waals surface area (Å²) in [5.74, 6) is 0.314. The SMILES string of the molecule is CC1(C)[C@@H]2CC[C@@]1(C)c1nc(SCC(=O)Nc3ccc([N+](=O)[O-])cc3)nnc12. The van der Waals surface area contributed by atoms with Crippen LogP contribution in [0, 0.1) is 15.5 Å². The average molecular weight is 399 g/mol. The van der Waals surface area contributed by atoms with Gasteiger partial charge in [0.05, 0.1) is 22.1 Å². The first-order valence-electron chi connectivity index (χ1n) is 9.14. The van der Waals surface area contributed by atoms with E-state index in [2.05, 4.69) is 36.3 Å². The van der Waals surface area contributed by atoms with E-state index in [0.29, 0.717) is 16.8 Å². The minimum atomic E-state index is -0.478. The summed E-state index contributed by atoms with van der Waals surface area (Å²) in [7, 11) is 0. The van der Waals surface area contributed by atoms with E-state index in [0.717, 1.165) is 24.2 Å². The van der Waals surface area contributed by atoms with Crippen molar-refractivity contribution in [2.45, 2.75) is 50.1 Å². The second-order valence-electron chi connectivity index (χ2n) is 8.11. The Labute approximate surface area is 166 Å². The van der Waals surface area contributed by atoms with Crippen LogP contribution in [0.5, 0.6) is 0 Å². The van der Waals surface area contributed by atoms with Crippen molar-refractivity contribution in [3.63, 3.8) is 0 Å². The van der Waals surface area contributed by atoms with Crippen molar-refractivity contribution in [1.29, 1.82) is 0 Å². The molecule has 0 radical (unpaired) electrons. The lowest BCUT2D eigenvalue weighted by atomic mass is 9.70. The van der Waals surface area contributed by atoms with E-state index in [4.69, 9.17) is 4.98 Å². The molecule has 146 valence electrons. The lowest BCUT2D eigenvalue weighted by Gasteiger charge is -2.33. The topological polar surface area (TPSA) is 111 Å². The Balaban J connectivity index is 1.41. The standard InChI is InChI=1S/C19H21N5O3S/c1-18(2)13-8-9-19(18,3)16-15(13)22-23-17(21-16)28-10-14(25)20-11-4-6-12(7-5-11)24(26)27/h4-7,13H,8-10H2,1-3H3,(H,20,25)/t13-,19+/m1/s1. The zero-order valence-corrected chi connectivity index (χ0v) is 16.7. The van der Waals surface area contributed by atoms with Gasteiger partial charge in [0, 0.05) is 29.2 Å².